The van der Waals surface area contributed by atoms with Crippen molar-refractivity contribution in [1.29, 1.82) is 0 Å². The van der Waals surface area contributed by atoms with Gasteiger partial charge in [0.1, 0.15) is 0 Å². The Morgan fingerprint density at radius 2 is 1.87 bits per heavy atom. The van der Waals surface area contributed by atoms with E-state index in [0.717, 1.165) is 0 Å². The second-order valence-electron chi connectivity index (χ2n) is 2.49. The smallest absolute Gasteiger partial charge is 0.333 e. The van der Waals surface area contributed by atoms with E-state index >= 15 is 0 Å². The summed E-state index contributed by atoms with van der Waals surface area (Å²) in [6.07, 6.45) is 0. The van der Waals surface area contributed by atoms with E-state index in [1.54, 1.807) is 6.07 Å². The molecule has 7 heteroatoms. The molecule has 1 N–H and O–H groups in total. The largest absolute Gasteiger partial charge is 0.479 e. The van der Waals surface area contributed by atoms with Gasteiger partial charge in [-0.05, 0) is 12.1 Å². The minimum absolute atomic E-state index is 0.101. The Balaban J connectivity index is 2.65. The van der Waals surface area contributed by atoms with Crippen molar-refractivity contribution in [3.05, 3.63) is 30.3 Å². The van der Waals surface area contributed by atoms with Crippen molar-refractivity contribution in [1.82, 2.24) is 0 Å². The third kappa shape index (κ3) is 3.66. The molecule has 1 aromatic carbocycles. The van der Waals surface area contributed by atoms with E-state index in [1.807, 2.05) is 0 Å². The van der Waals surface area contributed by atoms with Gasteiger partial charge in [0.2, 0.25) is 0 Å². The highest BCUT2D eigenvalue weighted by molar-refractivity contribution is 7.86. The van der Waals surface area contributed by atoms with Crippen LogP contribution in [0.15, 0.2) is 35.2 Å². The molecule has 0 amide bonds. The molecule has 0 heterocycles. The average molecular weight is 232 g/mol. The lowest BCUT2D eigenvalue weighted by Crippen LogP contribution is -2.12. The first-order valence-corrected chi connectivity index (χ1v) is 5.26. The number of benzene rings is 1. The van der Waals surface area contributed by atoms with Crippen LogP contribution in [-0.2, 0) is 24.1 Å². The summed E-state index contributed by atoms with van der Waals surface area (Å²) in [5.74, 6) is -1.32. The highest BCUT2D eigenvalue weighted by atomic mass is 32.2. The number of carboxylic acids is 1. The van der Waals surface area contributed by atoms with Crippen LogP contribution in [0.2, 0.25) is 0 Å². The fraction of sp³-hybridized carbons (Fsp3) is 0.125. The monoisotopic (exact) mass is 232 g/mol. The molecule has 0 atom stereocenters. The molecule has 1 rings (SSSR count). The van der Waals surface area contributed by atoms with Gasteiger partial charge >= 0.3 is 16.1 Å². The number of aliphatic carboxylic acids is 1. The summed E-state index contributed by atoms with van der Waals surface area (Å²) in [5, 5.41) is 8.18. The van der Waals surface area contributed by atoms with E-state index in [9.17, 15) is 13.2 Å². The van der Waals surface area contributed by atoms with Gasteiger partial charge in [-0.25, -0.2) is 9.68 Å². The van der Waals surface area contributed by atoms with E-state index in [-0.39, 0.29) is 4.90 Å². The summed E-state index contributed by atoms with van der Waals surface area (Å²) in [7, 11) is -4.04. The molecule has 0 aliphatic rings. The third-order valence-corrected chi connectivity index (χ3v) is 2.48. The van der Waals surface area contributed by atoms with Crippen molar-refractivity contribution < 1.29 is 27.5 Å². The average Bonchev–Trinajstić information content (AvgIpc) is 2.18. The van der Waals surface area contributed by atoms with E-state index in [0.29, 0.717) is 0 Å². The molecule has 82 valence electrons. The Morgan fingerprint density at radius 1 is 1.27 bits per heavy atom. The van der Waals surface area contributed by atoms with Crippen molar-refractivity contribution in [2.45, 2.75) is 4.90 Å². The second-order valence-corrected chi connectivity index (χ2v) is 4.01. The normalized spacial score (nSPS) is 11.2. The van der Waals surface area contributed by atoms with Crippen molar-refractivity contribution >= 4 is 16.1 Å². The molecule has 0 fully saturated rings. The Bertz CT molecular complexity index is 424. The maximum absolute atomic E-state index is 11.3. The molecule has 6 nitrogen and oxygen atoms in total. The van der Waals surface area contributed by atoms with Crippen LogP contribution in [0, 0.1) is 0 Å². The van der Waals surface area contributed by atoms with Crippen LogP contribution in [0.4, 0.5) is 0 Å². The van der Waals surface area contributed by atoms with Crippen LogP contribution < -0.4 is 0 Å². The maximum Gasteiger partial charge on any atom is 0.333 e. The lowest BCUT2D eigenvalue weighted by molar-refractivity contribution is -0.209. The van der Waals surface area contributed by atoms with E-state index in [1.165, 1.54) is 24.3 Å². The molecule has 0 aliphatic heterocycles. The Kier molecular flexibility index (Phi) is 3.78. The number of carbonyl (C=O) groups is 1. The minimum Gasteiger partial charge on any atom is -0.479 e. The summed E-state index contributed by atoms with van der Waals surface area (Å²) in [6.45, 7) is -0.841. The van der Waals surface area contributed by atoms with Gasteiger partial charge in [-0.1, -0.05) is 18.2 Å². The van der Waals surface area contributed by atoms with Gasteiger partial charge in [0.15, 0.2) is 6.61 Å². The van der Waals surface area contributed by atoms with Crippen molar-refractivity contribution in [2.24, 2.45) is 0 Å². The quantitative estimate of drug-likeness (QED) is 0.584. The van der Waals surface area contributed by atoms with Crippen molar-refractivity contribution in [3.63, 3.8) is 0 Å². The van der Waals surface area contributed by atoms with E-state index < -0.39 is 22.7 Å². The van der Waals surface area contributed by atoms with Gasteiger partial charge in [-0.15, -0.1) is 4.33 Å². The highest BCUT2D eigenvalue weighted by Crippen LogP contribution is 2.11. The van der Waals surface area contributed by atoms with Crippen molar-refractivity contribution in [3.8, 4) is 0 Å². The van der Waals surface area contributed by atoms with Crippen LogP contribution in [0.25, 0.3) is 0 Å². The summed E-state index contributed by atoms with van der Waals surface area (Å²) in [5.41, 5.74) is 0. The molecular weight excluding hydrogens is 224 g/mol. The lowest BCUT2D eigenvalue weighted by atomic mass is 10.4. The van der Waals surface area contributed by atoms with Crippen LogP contribution in [0.1, 0.15) is 0 Å². The zero-order valence-electron chi connectivity index (χ0n) is 7.49. The van der Waals surface area contributed by atoms with Gasteiger partial charge in [0, 0.05) is 0 Å². The Hall–Kier alpha value is -1.44. The molecule has 0 aromatic heterocycles. The van der Waals surface area contributed by atoms with Gasteiger partial charge in [0.05, 0.1) is 4.90 Å². The Labute approximate surface area is 86.1 Å². The molecule has 0 saturated heterocycles. The number of carboxylic acid groups (broad SMARTS) is 1. The highest BCUT2D eigenvalue weighted by Gasteiger charge is 2.16. The summed E-state index contributed by atoms with van der Waals surface area (Å²) in [4.78, 5) is 13.9. The summed E-state index contributed by atoms with van der Waals surface area (Å²) < 4.78 is 26.6. The molecule has 15 heavy (non-hydrogen) atoms. The first-order chi connectivity index (χ1) is 7.02. The molecule has 0 aliphatic carbocycles. The standard InChI is InChI=1S/C8H8O6S/c9-8(10)6-13-14-15(11,12)7-4-2-1-3-5-7/h1-5H,6H2,(H,9,10). The van der Waals surface area contributed by atoms with Gasteiger partial charge in [0.25, 0.3) is 0 Å². The second kappa shape index (κ2) is 4.87. The van der Waals surface area contributed by atoms with Crippen LogP contribution in [-0.4, -0.2) is 26.1 Å². The van der Waals surface area contributed by atoms with Gasteiger partial charge in [-0.2, -0.15) is 8.42 Å². The molecule has 1 aromatic rings. The van der Waals surface area contributed by atoms with E-state index in [4.69, 9.17) is 5.11 Å². The lowest BCUT2D eigenvalue weighted by Gasteiger charge is -2.02. The first-order valence-electron chi connectivity index (χ1n) is 3.85. The van der Waals surface area contributed by atoms with Crippen molar-refractivity contribution in [2.75, 3.05) is 6.61 Å². The van der Waals surface area contributed by atoms with Crippen LogP contribution in [0.3, 0.4) is 0 Å². The maximum atomic E-state index is 11.3. The summed E-state index contributed by atoms with van der Waals surface area (Å²) in [6, 6.07) is 7.26. The number of hydrogen-bond donors (Lipinski definition) is 1. The first kappa shape index (κ1) is 11.6. The number of rotatable bonds is 5. The molecule has 0 saturated carbocycles. The predicted molar refractivity (Wildman–Crippen MR) is 48.3 cm³/mol. The SMILES string of the molecule is O=C(O)COOS(=O)(=O)c1ccccc1. The fourth-order valence-corrected chi connectivity index (χ4v) is 1.51. The summed E-state index contributed by atoms with van der Waals surface area (Å²) >= 11 is 0. The van der Waals surface area contributed by atoms with Gasteiger partial charge < -0.3 is 5.11 Å². The van der Waals surface area contributed by atoms with Crippen LogP contribution in [0.5, 0.6) is 0 Å². The predicted octanol–water partition coefficient (Wildman–Crippen LogP) is 0.408. The number of hydrogen-bond acceptors (Lipinski definition) is 5. The molecule has 0 bridgehead atoms. The topological polar surface area (TPSA) is 89.9 Å². The zero-order valence-corrected chi connectivity index (χ0v) is 8.31. The molecule has 0 unspecified atom stereocenters. The fourth-order valence-electron chi connectivity index (χ4n) is 0.764. The van der Waals surface area contributed by atoms with Crippen LogP contribution >= 0.6 is 0 Å². The minimum atomic E-state index is -4.04. The Morgan fingerprint density at radius 3 is 2.40 bits per heavy atom. The van der Waals surface area contributed by atoms with E-state index in [2.05, 4.69) is 9.22 Å². The molecule has 0 radical (unpaired) electrons. The molecular formula is C8H8O6S. The van der Waals surface area contributed by atoms with Gasteiger partial charge in [-0.3, -0.25) is 0 Å². The molecule has 0 spiro atoms. The zero-order chi connectivity index (χ0) is 11.3. The third-order valence-electron chi connectivity index (χ3n) is 1.35.